The highest BCUT2D eigenvalue weighted by molar-refractivity contribution is 7.13. The van der Waals surface area contributed by atoms with Gasteiger partial charge in [-0.05, 0) is 23.6 Å². The van der Waals surface area contributed by atoms with E-state index in [1.807, 2.05) is 22.1 Å². The molecule has 0 saturated heterocycles. The van der Waals surface area contributed by atoms with Gasteiger partial charge in [-0.1, -0.05) is 6.07 Å². The van der Waals surface area contributed by atoms with Crippen LogP contribution in [0, 0.1) is 0 Å². The SMILES string of the molecule is O=C(c1ccnc(C(F)(F)F)c1)N1CCn2c(-c3cccs3)cnc2C1. The summed E-state index contributed by atoms with van der Waals surface area (Å²) in [6.45, 7) is 1.21. The summed E-state index contributed by atoms with van der Waals surface area (Å²) in [7, 11) is 0. The zero-order valence-corrected chi connectivity index (χ0v) is 14.2. The zero-order chi connectivity index (χ0) is 18.3. The number of hydrogen-bond acceptors (Lipinski definition) is 4. The van der Waals surface area contributed by atoms with Crippen molar-refractivity contribution in [2.45, 2.75) is 19.3 Å². The summed E-state index contributed by atoms with van der Waals surface area (Å²) in [5.41, 5.74) is -0.0991. The molecule has 1 aliphatic rings. The Balaban J connectivity index is 1.57. The number of carbonyl (C=O) groups is 1. The van der Waals surface area contributed by atoms with Gasteiger partial charge in [0, 0.05) is 24.8 Å². The number of halogens is 3. The van der Waals surface area contributed by atoms with Crippen molar-refractivity contribution in [3.05, 3.63) is 59.1 Å². The lowest BCUT2D eigenvalue weighted by molar-refractivity contribution is -0.141. The lowest BCUT2D eigenvalue weighted by Crippen LogP contribution is -2.38. The highest BCUT2D eigenvalue weighted by Crippen LogP contribution is 2.30. The second kappa shape index (κ2) is 6.24. The maximum Gasteiger partial charge on any atom is 0.433 e. The van der Waals surface area contributed by atoms with Crippen LogP contribution in [0.1, 0.15) is 21.9 Å². The maximum atomic E-state index is 12.8. The van der Waals surface area contributed by atoms with Crippen LogP contribution in [0.25, 0.3) is 10.6 Å². The van der Waals surface area contributed by atoms with Crippen LogP contribution in [0.5, 0.6) is 0 Å². The third-order valence-corrected chi connectivity index (χ3v) is 5.11. The molecule has 0 unspecified atom stereocenters. The molecule has 0 aliphatic carbocycles. The minimum absolute atomic E-state index is 0.0224. The van der Waals surface area contributed by atoms with Gasteiger partial charge >= 0.3 is 6.18 Å². The molecular weight excluding hydrogens is 365 g/mol. The number of rotatable bonds is 2. The van der Waals surface area contributed by atoms with Crippen LogP contribution in [0.2, 0.25) is 0 Å². The number of nitrogens with zero attached hydrogens (tertiary/aromatic N) is 4. The van der Waals surface area contributed by atoms with Crippen molar-refractivity contribution < 1.29 is 18.0 Å². The number of aromatic nitrogens is 3. The Bertz CT molecular complexity index is 949. The molecule has 134 valence electrons. The van der Waals surface area contributed by atoms with Crippen LogP contribution < -0.4 is 0 Å². The van der Waals surface area contributed by atoms with E-state index in [1.165, 1.54) is 11.0 Å². The third kappa shape index (κ3) is 2.98. The van der Waals surface area contributed by atoms with Crippen LogP contribution in [-0.2, 0) is 19.3 Å². The van der Waals surface area contributed by atoms with E-state index in [-0.39, 0.29) is 12.1 Å². The van der Waals surface area contributed by atoms with E-state index in [0.29, 0.717) is 13.1 Å². The molecule has 0 bridgehead atoms. The van der Waals surface area contributed by atoms with Crippen molar-refractivity contribution in [3.8, 4) is 10.6 Å². The molecule has 0 N–H and O–H groups in total. The predicted octanol–water partition coefficient (Wildman–Crippen LogP) is 3.68. The summed E-state index contributed by atoms with van der Waals surface area (Å²) >= 11 is 1.61. The Morgan fingerprint density at radius 2 is 2.04 bits per heavy atom. The first-order chi connectivity index (χ1) is 12.4. The second-order valence-electron chi connectivity index (χ2n) is 5.84. The summed E-state index contributed by atoms with van der Waals surface area (Å²) in [5, 5.41) is 1.98. The van der Waals surface area contributed by atoms with Gasteiger partial charge in [-0.15, -0.1) is 11.3 Å². The summed E-state index contributed by atoms with van der Waals surface area (Å²) in [4.78, 5) is 22.9. The molecule has 1 aliphatic heterocycles. The van der Waals surface area contributed by atoms with Crippen molar-refractivity contribution in [2.75, 3.05) is 6.54 Å². The van der Waals surface area contributed by atoms with E-state index in [2.05, 4.69) is 9.97 Å². The van der Waals surface area contributed by atoms with E-state index in [1.54, 1.807) is 17.5 Å². The number of imidazole rings is 1. The molecule has 0 aromatic carbocycles. The van der Waals surface area contributed by atoms with Crippen molar-refractivity contribution in [2.24, 2.45) is 0 Å². The molecule has 0 fully saturated rings. The standard InChI is InChI=1S/C17H13F3N4OS/c18-17(19,20)14-8-11(3-4-21-14)16(25)23-5-6-24-12(9-22-15(24)10-23)13-2-1-7-26-13/h1-4,7-9H,5-6,10H2. The summed E-state index contributed by atoms with van der Waals surface area (Å²) in [5.74, 6) is 0.267. The van der Waals surface area contributed by atoms with Crippen molar-refractivity contribution in [1.29, 1.82) is 0 Å². The largest absolute Gasteiger partial charge is 0.433 e. The lowest BCUT2D eigenvalue weighted by atomic mass is 10.2. The molecule has 1 amide bonds. The molecule has 0 radical (unpaired) electrons. The van der Waals surface area contributed by atoms with Gasteiger partial charge in [0.15, 0.2) is 0 Å². The molecule has 4 heterocycles. The normalized spacial score (nSPS) is 14.3. The Morgan fingerprint density at radius 1 is 1.19 bits per heavy atom. The molecule has 0 saturated carbocycles. The molecule has 9 heteroatoms. The van der Waals surface area contributed by atoms with E-state index in [4.69, 9.17) is 0 Å². The minimum Gasteiger partial charge on any atom is -0.329 e. The van der Waals surface area contributed by atoms with Crippen molar-refractivity contribution >= 4 is 17.2 Å². The van der Waals surface area contributed by atoms with Crippen molar-refractivity contribution in [1.82, 2.24) is 19.4 Å². The maximum absolute atomic E-state index is 12.8. The van der Waals surface area contributed by atoms with Crippen LogP contribution >= 0.6 is 11.3 Å². The number of pyridine rings is 1. The third-order valence-electron chi connectivity index (χ3n) is 4.22. The average Bonchev–Trinajstić information content (AvgIpc) is 3.29. The molecule has 5 nitrogen and oxygen atoms in total. The van der Waals surface area contributed by atoms with Gasteiger partial charge in [0.05, 0.1) is 23.3 Å². The van der Waals surface area contributed by atoms with Crippen LogP contribution in [0.4, 0.5) is 13.2 Å². The predicted molar refractivity (Wildman–Crippen MR) is 89.5 cm³/mol. The van der Waals surface area contributed by atoms with Crippen LogP contribution in [0.3, 0.4) is 0 Å². The molecule has 0 atom stereocenters. The Hall–Kier alpha value is -2.68. The smallest absolute Gasteiger partial charge is 0.329 e. The molecule has 3 aromatic rings. The number of amides is 1. The number of carbonyl (C=O) groups excluding carboxylic acids is 1. The average molecular weight is 378 g/mol. The Morgan fingerprint density at radius 3 is 2.77 bits per heavy atom. The fourth-order valence-electron chi connectivity index (χ4n) is 2.96. The van der Waals surface area contributed by atoms with E-state index >= 15 is 0 Å². The quantitative estimate of drug-likeness (QED) is 0.684. The first kappa shape index (κ1) is 16.8. The van der Waals surface area contributed by atoms with Crippen LogP contribution in [-0.4, -0.2) is 31.9 Å². The van der Waals surface area contributed by atoms with E-state index < -0.39 is 17.8 Å². The van der Waals surface area contributed by atoms with Gasteiger partial charge < -0.3 is 9.47 Å². The summed E-state index contributed by atoms with van der Waals surface area (Å²) in [6.07, 6.45) is -1.80. The van der Waals surface area contributed by atoms with Gasteiger partial charge in [-0.2, -0.15) is 13.2 Å². The number of thiophene rings is 1. The Labute approximate surface area is 150 Å². The van der Waals surface area contributed by atoms with Crippen molar-refractivity contribution in [3.63, 3.8) is 0 Å². The molecule has 26 heavy (non-hydrogen) atoms. The topological polar surface area (TPSA) is 51.0 Å². The van der Waals surface area contributed by atoms with Crippen LogP contribution in [0.15, 0.2) is 42.0 Å². The second-order valence-corrected chi connectivity index (χ2v) is 6.79. The van der Waals surface area contributed by atoms with Gasteiger partial charge in [0.25, 0.3) is 5.91 Å². The number of alkyl halides is 3. The van der Waals surface area contributed by atoms with E-state index in [9.17, 15) is 18.0 Å². The molecule has 0 spiro atoms. The van der Waals surface area contributed by atoms with Gasteiger partial charge in [-0.3, -0.25) is 9.78 Å². The first-order valence-corrected chi connectivity index (χ1v) is 8.72. The zero-order valence-electron chi connectivity index (χ0n) is 13.4. The van der Waals surface area contributed by atoms with E-state index in [0.717, 1.165) is 28.7 Å². The summed E-state index contributed by atoms with van der Waals surface area (Å²) < 4.78 is 40.5. The first-order valence-electron chi connectivity index (χ1n) is 7.84. The van der Waals surface area contributed by atoms with Gasteiger partial charge in [0.2, 0.25) is 0 Å². The monoisotopic (exact) mass is 378 g/mol. The fourth-order valence-corrected chi connectivity index (χ4v) is 3.70. The fraction of sp³-hybridized carbons (Fsp3) is 0.235. The van der Waals surface area contributed by atoms with Gasteiger partial charge in [0.1, 0.15) is 11.5 Å². The highest BCUT2D eigenvalue weighted by Gasteiger charge is 2.33. The molecule has 4 rings (SSSR count). The highest BCUT2D eigenvalue weighted by atomic mass is 32.1. The van der Waals surface area contributed by atoms with Gasteiger partial charge in [-0.25, -0.2) is 4.98 Å². The molecular formula is C17H13F3N4OS. The number of fused-ring (bicyclic) bond motifs is 1. The Kier molecular flexibility index (Phi) is 4.03. The molecule has 3 aromatic heterocycles. The number of hydrogen-bond donors (Lipinski definition) is 0. The summed E-state index contributed by atoms with van der Waals surface area (Å²) in [6, 6.07) is 6.05. The lowest BCUT2D eigenvalue weighted by Gasteiger charge is -2.28. The minimum atomic E-state index is -4.58.